The average molecular weight is 255 g/mol. The fourth-order valence-electron chi connectivity index (χ4n) is 3.50. The zero-order valence-corrected chi connectivity index (χ0v) is 11.2. The molecule has 1 saturated heterocycles. The van der Waals surface area contributed by atoms with Crippen LogP contribution in [0.2, 0.25) is 0 Å². The predicted octanol–water partition coefficient (Wildman–Crippen LogP) is 4.09. The van der Waals surface area contributed by atoms with Crippen molar-refractivity contribution in [2.45, 2.75) is 32.2 Å². The molecule has 2 aromatic heterocycles. The standard InChI is InChI=1S/C16H17NO2/c1-10-11-4-8-19-15(11)13(12-5-9-18-14(10)12)16(2)6-3-7-17-16/h4-5,8-9,17H,3,6-7H2,1-2H3. The Morgan fingerprint density at radius 2 is 1.84 bits per heavy atom. The Morgan fingerprint density at radius 1 is 1.11 bits per heavy atom. The van der Waals surface area contributed by atoms with E-state index in [-0.39, 0.29) is 5.54 Å². The maximum absolute atomic E-state index is 5.80. The van der Waals surface area contributed by atoms with Gasteiger partial charge in [0.25, 0.3) is 0 Å². The monoisotopic (exact) mass is 255 g/mol. The van der Waals surface area contributed by atoms with Crippen LogP contribution < -0.4 is 5.32 Å². The highest BCUT2D eigenvalue weighted by molar-refractivity contribution is 6.02. The number of hydrogen-bond donors (Lipinski definition) is 1. The first-order valence-electron chi connectivity index (χ1n) is 6.83. The van der Waals surface area contributed by atoms with Crippen molar-refractivity contribution in [1.29, 1.82) is 0 Å². The molecule has 3 nitrogen and oxygen atoms in total. The molecular weight excluding hydrogens is 238 g/mol. The molecule has 1 aliphatic heterocycles. The van der Waals surface area contributed by atoms with Gasteiger partial charge in [-0.3, -0.25) is 0 Å². The summed E-state index contributed by atoms with van der Waals surface area (Å²) in [6.07, 6.45) is 5.88. The molecule has 1 aliphatic rings. The van der Waals surface area contributed by atoms with E-state index in [1.165, 1.54) is 17.4 Å². The van der Waals surface area contributed by atoms with Crippen LogP contribution in [0.15, 0.2) is 33.5 Å². The maximum atomic E-state index is 5.80. The Balaban J connectivity index is 2.18. The molecule has 3 aromatic rings. The van der Waals surface area contributed by atoms with E-state index in [4.69, 9.17) is 8.83 Å². The first-order chi connectivity index (χ1) is 9.21. The van der Waals surface area contributed by atoms with Crippen LogP contribution in [0.25, 0.3) is 21.9 Å². The molecule has 0 radical (unpaired) electrons. The van der Waals surface area contributed by atoms with E-state index in [0.29, 0.717) is 0 Å². The second kappa shape index (κ2) is 3.64. The molecule has 3 heterocycles. The van der Waals surface area contributed by atoms with Crippen molar-refractivity contribution in [3.05, 3.63) is 35.8 Å². The molecule has 98 valence electrons. The molecule has 1 unspecified atom stereocenters. The van der Waals surface area contributed by atoms with Gasteiger partial charge in [-0.2, -0.15) is 0 Å². The highest BCUT2D eigenvalue weighted by atomic mass is 16.3. The van der Waals surface area contributed by atoms with Gasteiger partial charge in [-0.1, -0.05) is 0 Å². The van der Waals surface area contributed by atoms with Crippen LogP contribution in [0.5, 0.6) is 0 Å². The maximum Gasteiger partial charge on any atom is 0.140 e. The third-order valence-electron chi connectivity index (χ3n) is 4.49. The van der Waals surface area contributed by atoms with Gasteiger partial charge in [-0.05, 0) is 45.4 Å². The molecule has 1 aromatic carbocycles. The zero-order valence-electron chi connectivity index (χ0n) is 11.2. The second-order valence-electron chi connectivity index (χ2n) is 5.69. The summed E-state index contributed by atoms with van der Waals surface area (Å²) >= 11 is 0. The Morgan fingerprint density at radius 3 is 2.58 bits per heavy atom. The molecule has 0 amide bonds. The zero-order chi connectivity index (χ0) is 13.0. The number of hydrogen-bond acceptors (Lipinski definition) is 3. The van der Waals surface area contributed by atoms with E-state index in [0.717, 1.165) is 35.1 Å². The summed E-state index contributed by atoms with van der Waals surface area (Å²) in [5.74, 6) is 0. The van der Waals surface area contributed by atoms with Crippen molar-refractivity contribution < 1.29 is 8.83 Å². The summed E-state index contributed by atoms with van der Waals surface area (Å²) in [6.45, 7) is 5.42. The van der Waals surface area contributed by atoms with Crippen LogP contribution >= 0.6 is 0 Å². The van der Waals surface area contributed by atoms with Crippen molar-refractivity contribution in [2.75, 3.05) is 6.54 Å². The van der Waals surface area contributed by atoms with E-state index < -0.39 is 0 Å². The number of aryl methyl sites for hydroxylation is 1. The predicted molar refractivity (Wildman–Crippen MR) is 75.3 cm³/mol. The number of benzene rings is 1. The summed E-state index contributed by atoms with van der Waals surface area (Å²) in [4.78, 5) is 0. The van der Waals surface area contributed by atoms with Gasteiger partial charge >= 0.3 is 0 Å². The lowest BCUT2D eigenvalue weighted by atomic mass is 9.86. The van der Waals surface area contributed by atoms with Gasteiger partial charge in [0.15, 0.2) is 0 Å². The van der Waals surface area contributed by atoms with Crippen molar-refractivity contribution in [2.24, 2.45) is 0 Å². The van der Waals surface area contributed by atoms with E-state index in [9.17, 15) is 0 Å². The molecule has 0 bridgehead atoms. The van der Waals surface area contributed by atoms with Crippen molar-refractivity contribution in [3.63, 3.8) is 0 Å². The molecule has 4 rings (SSSR count). The lowest BCUT2D eigenvalue weighted by Gasteiger charge is -2.26. The molecule has 19 heavy (non-hydrogen) atoms. The van der Waals surface area contributed by atoms with Gasteiger partial charge in [0, 0.05) is 27.4 Å². The van der Waals surface area contributed by atoms with E-state index in [1.807, 2.05) is 6.07 Å². The number of fused-ring (bicyclic) bond motifs is 2. The summed E-state index contributed by atoms with van der Waals surface area (Å²) in [6, 6.07) is 4.10. The van der Waals surface area contributed by atoms with Gasteiger partial charge in [0.05, 0.1) is 12.5 Å². The highest BCUT2D eigenvalue weighted by Gasteiger charge is 2.35. The first-order valence-corrected chi connectivity index (χ1v) is 6.83. The Bertz CT molecular complexity index is 708. The summed E-state index contributed by atoms with van der Waals surface area (Å²) in [5.41, 5.74) is 4.38. The molecule has 0 spiro atoms. The van der Waals surface area contributed by atoms with Crippen LogP contribution in [0.1, 0.15) is 30.9 Å². The lowest BCUT2D eigenvalue weighted by molar-refractivity contribution is 0.434. The molecule has 3 heteroatoms. The van der Waals surface area contributed by atoms with Crippen molar-refractivity contribution in [1.82, 2.24) is 5.32 Å². The minimum absolute atomic E-state index is 0.0219. The summed E-state index contributed by atoms with van der Waals surface area (Å²) in [7, 11) is 0. The lowest BCUT2D eigenvalue weighted by Crippen LogP contribution is -2.33. The van der Waals surface area contributed by atoms with Gasteiger partial charge in [0.2, 0.25) is 0 Å². The Hall–Kier alpha value is -1.74. The fourth-order valence-corrected chi connectivity index (χ4v) is 3.50. The van der Waals surface area contributed by atoms with Crippen LogP contribution in [-0.2, 0) is 5.54 Å². The number of furan rings is 2. The summed E-state index contributed by atoms with van der Waals surface area (Å²) in [5, 5.41) is 5.97. The van der Waals surface area contributed by atoms with Crippen LogP contribution in [0, 0.1) is 6.92 Å². The highest BCUT2D eigenvalue weighted by Crippen LogP contribution is 2.42. The van der Waals surface area contributed by atoms with E-state index >= 15 is 0 Å². The minimum atomic E-state index is -0.0219. The van der Waals surface area contributed by atoms with Crippen molar-refractivity contribution >= 4 is 21.9 Å². The largest absolute Gasteiger partial charge is 0.464 e. The smallest absolute Gasteiger partial charge is 0.140 e. The van der Waals surface area contributed by atoms with Gasteiger partial charge < -0.3 is 14.2 Å². The second-order valence-corrected chi connectivity index (χ2v) is 5.69. The van der Waals surface area contributed by atoms with Crippen LogP contribution in [-0.4, -0.2) is 6.54 Å². The third-order valence-corrected chi connectivity index (χ3v) is 4.49. The van der Waals surface area contributed by atoms with Crippen LogP contribution in [0.4, 0.5) is 0 Å². The first kappa shape index (κ1) is 11.1. The molecule has 1 fully saturated rings. The molecular formula is C16H17NO2. The van der Waals surface area contributed by atoms with E-state index in [1.54, 1.807) is 12.5 Å². The van der Waals surface area contributed by atoms with Gasteiger partial charge in [-0.25, -0.2) is 0 Å². The van der Waals surface area contributed by atoms with Gasteiger partial charge in [-0.15, -0.1) is 0 Å². The number of rotatable bonds is 1. The molecule has 0 saturated carbocycles. The van der Waals surface area contributed by atoms with E-state index in [2.05, 4.69) is 25.2 Å². The molecule has 1 N–H and O–H groups in total. The third kappa shape index (κ3) is 1.36. The molecule has 0 aliphatic carbocycles. The van der Waals surface area contributed by atoms with Crippen LogP contribution in [0.3, 0.4) is 0 Å². The quantitative estimate of drug-likeness (QED) is 0.711. The van der Waals surface area contributed by atoms with Crippen molar-refractivity contribution in [3.8, 4) is 0 Å². The summed E-state index contributed by atoms with van der Waals surface area (Å²) < 4.78 is 11.5. The topological polar surface area (TPSA) is 38.3 Å². The SMILES string of the molecule is Cc1c2ccoc2c(C2(C)CCCN2)c2ccoc12. The fraction of sp³-hybridized carbons (Fsp3) is 0.375. The normalized spacial score (nSPS) is 23.7. The average Bonchev–Trinajstić information content (AvgIpc) is 3.09. The van der Waals surface area contributed by atoms with Gasteiger partial charge in [0.1, 0.15) is 11.2 Å². The Kier molecular flexibility index (Phi) is 2.13. The molecule has 1 atom stereocenters. The minimum Gasteiger partial charge on any atom is -0.464 e. The Labute approximate surface area is 111 Å². The number of nitrogens with one attached hydrogen (secondary N) is 1.